The zero-order chi connectivity index (χ0) is 10.9. The highest BCUT2D eigenvalue weighted by Gasteiger charge is 2.43. The second kappa shape index (κ2) is 4.42. The van der Waals surface area contributed by atoms with Gasteiger partial charge in [0.2, 0.25) is 0 Å². The minimum Gasteiger partial charge on any atom is -0.310 e. The van der Waals surface area contributed by atoms with Gasteiger partial charge in [-0.3, -0.25) is 0 Å². The lowest BCUT2D eigenvalue weighted by molar-refractivity contribution is 0.181. The Balaban J connectivity index is 1.78. The first-order chi connectivity index (χ1) is 7.14. The monoisotopic (exact) mass is 210 g/mol. The molecule has 2 unspecified atom stereocenters. The molecule has 2 fully saturated rings. The SMILES string of the molecule is CCN1CCCC(NC(C)C2(C)CC2)C1. The third-order valence-corrected chi connectivity index (χ3v) is 4.52. The van der Waals surface area contributed by atoms with E-state index in [0.29, 0.717) is 11.5 Å². The number of likely N-dealkylation sites (N-methyl/N-ethyl adjacent to an activating group) is 1. The Morgan fingerprint density at radius 2 is 2.20 bits per heavy atom. The van der Waals surface area contributed by atoms with Crippen molar-refractivity contribution in [2.24, 2.45) is 5.41 Å². The number of piperidine rings is 1. The Bertz CT molecular complexity index is 211. The Kier molecular flexibility index (Phi) is 3.36. The molecule has 1 saturated heterocycles. The van der Waals surface area contributed by atoms with Crippen LogP contribution in [0.4, 0.5) is 0 Å². The first kappa shape index (κ1) is 11.4. The summed E-state index contributed by atoms with van der Waals surface area (Å²) in [6.07, 6.45) is 5.59. The van der Waals surface area contributed by atoms with Crippen molar-refractivity contribution in [3.63, 3.8) is 0 Å². The Morgan fingerprint density at radius 3 is 2.80 bits per heavy atom. The number of hydrogen-bond donors (Lipinski definition) is 1. The highest BCUT2D eigenvalue weighted by molar-refractivity contribution is 4.98. The second-order valence-corrected chi connectivity index (χ2v) is 5.77. The van der Waals surface area contributed by atoms with Crippen molar-refractivity contribution < 1.29 is 0 Å². The summed E-state index contributed by atoms with van der Waals surface area (Å²) in [5.41, 5.74) is 0.620. The van der Waals surface area contributed by atoms with Crippen molar-refractivity contribution in [3.05, 3.63) is 0 Å². The van der Waals surface area contributed by atoms with Gasteiger partial charge in [0.1, 0.15) is 0 Å². The van der Waals surface area contributed by atoms with Crippen LogP contribution in [0.25, 0.3) is 0 Å². The van der Waals surface area contributed by atoms with E-state index >= 15 is 0 Å². The molecule has 1 heterocycles. The molecular formula is C13H26N2. The fraction of sp³-hybridized carbons (Fsp3) is 1.00. The van der Waals surface area contributed by atoms with Gasteiger partial charge in [-0.2, -0.15) is 0 Å². The van der Waals surface area contributed by atoms with Crippen LogP contribution in [0.15, 0.2) is 0 Å². The summed E-state index contributed by atoms with van der Waals surface area (Å²) in [5, 5.41) is 3.84. The summed E-state index contributed by atoms with van der Waals surface area (Å²) < 4.78 is 0. The molecule has 2 rings (SSSR count). The maximum atomic E-state index is 3.84. The van der Waals surface area contributed by atoms with Crippen LogP contribution in [0.2, 0.25) is 0 Å². The van der Waals surface area contributed by atoms with Crippen LogP contribution < -0.4 is 5.32 Å². The summed E-state index contributed by atoms with van der Waals surface area (Å²) >= 11 is 0. The predicted octanol–water partition coefficient (Wildman–Crippen LogP) is 2.25. The average Bonchev–Trinajstić information content (AvgIpc) is 2.98. The zero-order valence-corrected chi connectivity index (χ0v) is 10.6. The van der Waals surface area contributed by atoms with Crippen LogP contribution in [0.5, 0.6) is 0 Å². The molecule has 0 aromatic rings. The van der Waals surface area contributed by atoms with Gasteiger partial charge >= 0.3 is 0 Å². The van der Waals surface area contributed by atoms with E-state index < -0.39 is 0 Å². The van der Waals surface area contributed by atoms with Crippen molar-refractivity contribution in [1.82, 2.24) is 10.2 Å². The number of nitrogens with zero attached hydrogens (tertiary/aromatic N) is 1. The molecule has 1 aliphatic heterocycles. The van der Waals surface area contributed by atoms with Gasteiger partial charge in [-0.1, -0.05) is 13.8 Å². The molecule has 2 atom stereocenters. The summed E-state index contributed by atoms with van der Waals surface area (Å²) in [6.45, 7) is 10.8. The molecule has 88 valence electrons. The topological polar surface area (TPSA) is 15.3 Å². The van der Waals surface area contributed by atoms with Gasteiger partial charge in [0.25, 0.3) is 0 Å². The van der Waals surface area contributed by atoms with Crippen LogP contribution in [0.3, 0.4) is 0 Å². The van der Waals surface area contributed by atoms with Gasteiger partial charge in [0.15, 0.2) is 0 Å². The Hall–Kier alpha value is -0.0800. The summed E-state index contributed by atoms with van der Waals surface area (Å²) in [6, 6.07) is 1.45. The molecule has 0 bridgehead atoms. The van der Waals surface area contributed by atoms with Crippen LogP contribution in [-0.4, -0.2) is 36.6 Å². The fourth-order valence-corrected chi connectivity index (χ4v) is 2.66. The minimum atomic E-state index is 0.620. The van der Waals surface area contributed by atoms with Crippen LogP contribution in [0.1, 0.15) is 46.5 Å². The van der Waals surface area contributed by atoms with Crippen LogP contribution >= 0.6 is 0 Å². The molecule has 1 N–H and O–H groups in total. The number of hydrogen-bond acceptors (Lipinski definition) is 2. The minimum absolute atomic E-state index is 0.620. The third-order valence-electron chi connectivity index (χ3n) is 4.52. The van der Waals surface area contributed by atoms with E-state index in [1.165, 1.54) is 45.3 Å². The highest BCUT2D eigenvalue weighted by atomic mass is 15.2. The largest absolute Gasteiger partial charge is 0.310 e. The standard InChI is InChI=1S/C13H26N2/c1-4-15-9-5-6-12(10-15)14-11(2)13(3)7-8-13/h11-12,14H,4-10H2,1-3H3. The van der Waals surface area contributed by atoms with Crippen LogP contribution in [0, 0.1) is 5.41 Å². The van der Waals surface area contributed by atoms with E-state index in [1.807, 2.05) is 0 Å². The van der Waals surface area contributed by atoms with E-state index in [0.717, 1.165) is 6.04 Å². The van der Waals surface area contributed by atoms with Crippen molar-refractivity contribution in [2.45, 2.75) is 58.5 Å². The van der Waals surface area contributed by atoms with E-state index in [2.05, 4.69) is 31.0 Å². The normalized spacial score (nSPS) is 32.6. The molecule has 0 radical (unpaired) electrons. The smallest absolute Gasteiger partial charge is 0.0198 e. The summed E-state index contributed by atoms with van der Waals surface area (Å²) in [7, 11) is 0. The lowest BCUT2D eigenvalue weighted by atomic mass is 9.97. The van der Waals surface area contributed by atoms with E-state index in [9.17, 15) is 0 Å². The molecule has 2 nitrogen and oxygen atoms in total. The first-order valence-electron chi connectivity index (χ1n) is 6.62. The zero-order valence-electron chi connectivity index (χ0n) is 10.6. The van der Waals surface area contributed by atoms with Gasteiger partial charge in [0, 0.05) is 18.6 Å². The van der Waals surface area contributed by atoms with Gasteiger partial charge in [-0.05, 0) is 51.1 Å². The van der Waals surface area contributed by atoms with Crippen molar-refractivity contribution in [3.8, 4) is 0 Å². The molecule has 1 aliphatic carbocycles. The van der Waals surface area contributed by atoms with Gasteiger partial charge in [-0.25, -0.2) is 0 Å². The number of nitrogens with one attached hydrogen (secondary N) is 1. The maximum Gasteiger partial charge on any atom is 0.0198 e. The molecule has 0 aromatic carbocycles. The molecule has 2 heteroatoms. The van der Waals surface area contributed by atoms with E-state index in [-0.39, 0.29) is 0 Å². The third kappa shape index (κ3) is 2.73. The molecule has 1 saturated carbocycles. The summed E-state index contributed by atoms with van der Waals surface area (Å²) in [5.74, 6) is 0. The quantitative estimate of drug-likeness (QED) is 0.765. The predicted molar refractivity (Wildman–Crippen MR) is 65.1 cm³/mol. The molecular weight excluding hydrogens is 184 g/mol. The maximum absolute atomic E-state index is 3.84. The van der Waals surface area contributed by atoms with Gasteiger partial charge in [0.05, 0.1) is 0 Å². The van der Waals surface area contributed by atoms with E-state index in [4.69, 9.17) is 0 Å². The first-order valence-corrected chi connectivity index (χ1v) is 6.62. The van der Waals surface area contributed by atoms with Gasteiger partial charge in [-0.15, -0.1) is 0 Å². The van der Waals surface area contributed by atoms with Crippen molar-refractivity contribution in [1.29, 1.82) is 0 Å². The molecule has 15 heavy (non-hydrogen) atoms. The van der Waals surface area contributed by atoms with Crippen LogP contribution in [-0.2, 0) is 0 Å². The Labute approximate surface area is 94.4 Å². The fourth-order valence-electron chi connectivity index (χ4n) is 2.66. The lowest BCUT2D eigenvalue weighted by Crippen LogP contribution is -2.50. The molecule has 0 aromatic heterocycles. The van der Waals surface area contributed by atoms with Crippen molar-refractivity contribution in [2.75, 3.05) is 19.6 Å². The van der Waals surface area contributed by atoms with E-state index in [1.54, 1.807) is 0 Å². The highest BCUT2D eigenvalue weighted by Crippen LogP contribution is 2.48. The number of likely N-dealkylation sites (tertiary alicyclic amines) is 1. The van der Waals surface area contributed by atoms with Gasteiger partial charge < -0.3 is 10.2 Å². The lowest BCUT2D eigenvalue weighted by Gasteiger charge is -2.35. The summed E-state index contributed by atoms with van der Waals surface area (Å²) in [4.78, 5) is 2.57. The molecule has 0 amide bonds. The molecule has 2 aliphatic rings. The number of rotatable bonds is 4. The second-order valence-electron chi connectivity index (χ2n) is 5.77. The van der Waals surface area contributed by atoms with Crippen molar-refractivity contribution >= 4 is 0 Å². The average molecular weight is 210 g/mol. The Morgan fingerprint density at radius 1 is 1.47 bits per heavy atom. The molecule has 0 spiro atoms.